The zero-order valence-corrected chi connectivity index (χ0v) is 14.2. The molecule has 3 aromatic rings. The van der Waals surface area contributed by atoms with E-state index in [0.29, 0.717) is 0 Å². The minimum Gasteiger partial charge on any atom is -0.380 e. The topological polar surface area (TPSA) is 82.7 Å². The van der Waals surface area contributed by atoms with E-state index in [-0.39, 0.29) is 12.1 Å². The smallest absolute Gasteiger partial charge is 0.156 e. The minimum absolute atomic E-state index is 0.219. The van der Waals surface area contributed by atoms with Crippen molar-refractivity contribution in [2.24, 2.45) is 0 Å². The fourth-order valence-electron chi connectivity index (χ4n) is 3.47. The normalized spacial score (nSPS) is 21.8. The van der Waals surface area contributed by atoms with Crippen LogP contribution in [0.4, 0.5) is 0 Å². The molecule has 0 saturated carbocycles. The van der Waals surface area contributed by atoms with Crippen LogP contribution in [0.15, 0.2) is 18.6 Å². The highest BCUT2D eigenvalue weighted by Gasteiger charge is 2.35. The van der Waals surface area contributed by atoms with Gasteiger partial charge < -0.3 is 14.7 Å². The molecule has 7 nitrogen and oxygen atoms in total. The highest BCUT2D eigenvalue weighted by molar-refractivity contribution is 5.74. The predicted octanol–water partition coefficient (Wildman–Crippen LogP) is 2.26. The SMILES string of the molecule is CO[C@@H]1C[C@@H](c2nc(C)c(C)[nH]2)N(Cc2c[nH]c3nccnc23)C1. The van der Waals surface area contributed by atoms with E-state index in [2.05, 4.69) is 31.8 Å². The van der Waals surface area contributed by atoms with Gasteiger partial charge in [-0.25, -0.2) is 9.97 Å². The third-order valence-corrected chi connectivity index (χ3v) is 4.92. The van der Waals surface area contributed by atoms with Gasteiger partial charge in [-0.2, -0.15) is 0 Å². The van der Waals surface area contributed by atoms with Crippen LogP contribution in [0, 0.1) is 13.8 Å². The Morgan fingerprint density at radius 3 is 2.88 bits per heavy atom. The highest BCUT2D eigenvalue weighted by atomic mass is 16.5. The van der Waals surface area contributed by atoms with Gasteiger partial charge in [-0.15, -0.1) is 0 Å². The molecule has 2 N–H and O–H groups in total. The van der Waals surface area contributed by atoms with Gasteiger partial charge in [0, 0.05) is 50.0 Å². The Kier molecular flexibility index (Phi) is 3.82. The van der Waals surface area contributed by atoms with Crippen molar-refractivity contribution in [2.45, 2.75) is 39.0 Å². The zero-order valence-electron chi connectivity index (χ0n) is 14.2. The lowest BCUT2D eigenvalue weighted by Crippen LogP contribution is -2.25. The van der Waals surface area contributed by atoms with Gasteiger partial charge in [0.2, 0.25) is 0 Å². The summed E-state index contributed by atoms with van der Waals surface area (Å²) in [6, 6.07) is 0.226. The highest BCUT2D eigenvalue weighted by Crippen LogP contribution is 2.34. The van der Waals surface area contributed by atoms with Crippen LogP contribution in [0.25, 0.3) is 11.2 Å². The number of aryl methyl sites for hydroxylation is 2. The van der Waals surface area contributed by atoms with Gasteiger partial charge in [-0.3, -0.25) is 9.88 Å². The van der Waals surface area contributed by atoms with Crippen LogP contribution in [-0.2, 0) is 11.3 Å². The van der Waals surface area contributed by atoms with Crippen LogP contribution in [0.5, 0.6) is 0 Å². The molecule has 0 aliphatic carbocycles. The summed E-state index contributed by atoms with van der Waals surface area (Å²) >= 11 is 0. The Hall–Kier alpha value is -2.25. The summed E-state index contributed by atoms with van der Waals surface area (Å²) in [5, 5.41) is 0. The molecule has 0 aromatic carbocycles. The maximum absolute atomic E-state index is 5.62. The van der Waals surface area contributed by atoms with Crippen LogP contribution in [-0.4, -0.2) is 49.6 Å². The molecule has 1 aliphatic heterocycles. The van der Waals surface area contributed by atoms with Gasteiger partial charge in [0.1, 0.15) is 11.3 Å². The molecule has 0 radical (unpaired) electrons. The first-order chi connectivity index (χ1) is 11.7. The molecular weight excluding hydrogens is 304 g/mol. The Bertz CT molecular complexity index is 834. The van der Waals surface area contributed by atoms with Crippen LogP contribution >= 0.6 is 0 Å². The number of likely N-dealkylation sites (tertiary alicyclic amines) is 1. The Balaban J connectivity index is 1.64. The molecule has 4 rings (SSSR count). The molecule has 0 amide bonds. The molecule has 2 atom stereocenters. The summed E-state index contributed by atoms with van der Waals surface area (Å²) in [5.41, 5.74) is 5.10. The van der Waals surface area contributed by atoms with E-state index in [4.69, 9.17) is 9.72 Å². The van der Waals surface area contributed by atoms with Crippen molar-refractivity contribution in [1.29, 1.82) is 0 Å². The lowest BCUT2D eigenvalue weighted by Gasteiger charge is -2.22. The fraction of sp³-hybridized carbons (Fsp3) is 0.471. The molecule has 3 aromatic heterocycles. The molecule has 1 fully saturated rings. The molecule has 4 heterocycles. The van der Waals surface area contributed by atoms with Crippen LogP contribution < -0.4 is 0 Å². The third-order valence-electron chi connectivity index (χ3n) is 4.92. The summed E-state index contributed by atoms with van der Waals surface area (Å²) < 4.78 is 5.62. The molecule has 0 unspecified atom stereocenters. The van der Waals surface area contributed by atoms with E-state index in [1.54, 1.807) is 19.5 Å². The van der Waals surface area contributed by atoms with Gasteiger partial charge in [0.15, 0.2) is 5.65 Å². The van der Waals surface area contributed by atoms with Crippen molar-refractivity contribution in [1.82, 2.24) is 29.8 Å². The van der Waals surface area contributed by atoms with Gasteiger partial charge >= 0.3 is 0 Å². The van der Waals surface area contributed by atoms with Crippen molar-refractivity contribution >= 4 is 11.2 Å². The number of hydrogen-bond acceptors (Lipinski definition) is 5. The average molecular weight is 326 g/mol. The first-order valence-corrected chi connectivity index (χ1v) is 8.22. The molecular formula is C17H22N6O. The Morgan fingerprint density at radius 1 is 1.29 bits per heavy atom. The number of aromatic amines is 2. The molecule has 1 aliphatic rings. The van der Waals surface area contributed by atoms with E-state index in [1.165, 1.54) is 0 Å². The molecule has 1 saturated heterocycles. The van der Waals surface area contributed by atoms with Crippen LogP contribution in [0.2, 0.25) is 0 Å². The number of rotatable bonds is 4. The number of ether oxygens (including phenoxy) is 1. The van der Waals surface area contributed by atoms with Gasteiger partial charge in [0.05, 0.1) is 17.8 Å². The van der Waals surface area contributed by atoms with E-state index < -0.39 is 0 Å². The zero-order chi connectivity index (χ0) is 16.7. The van der Waals surface area contributed by atoms with Crippen LogP contribution in [0.3, 0.4) is 0 Å². The second-order valence-electron chi connectivity index (χ2n) is 6.44. The molecule has 24 heavy (non-hydrogen) atoms. The first kappa shape index (κ1) is 15.3. The maximum Gasteiger partial charge on any atom is 0.156 e. The van der Waals surface area contributed by atoms with Gasteiger partial charge in [-0.1, -0.05) is 0 Å². The predicted molar refractivity (Wildman–Crippen MR) is 90.5 cm³/mol. The fourth-order valence-corrected chi connectivity index (χ4v) is 3.47. The summed E-state index contributed by atoms with van der Waals surface area (Å²) in [6.07, 6.45) is 6.60. The van der Waals surface area contributed by atoms with Crippen molar-refractivity contribution in [3.8, 4) is 0 Å². The standard InChI is InChI=1S/C17H22N6O/c1-10-11(2)22-16(21-10)14-6-13(24-3)9-23(14)8-12-7-20-17-15(12)18-4-5-19-17/h4-5,7,13-14H,6,8-9H2,1-3H3,(H,19,20)(H,21,22)/t13-,14+/m1/s1. The summed E-state index contributed by atoms with van der Waals surface area (Å²) in [7, 11) is 1.78. The van der Waals surface area contributed by atoms with E-state index >= 15 is 0 Å². The molecule has 7 heteroatoms. The number of imidazole rings is 1. The van der Waals surface area contributed by atoms with Gasteiger partial charge in [0.25, 0.3) is 0 Å². The lowest BCUT2D eigenvalue weighted by atomic mass is 10.2. The lowest BCUT2D eigenvalue weighted by molar-refractivity contribution is 0.107. The number of nitrogens with one attached hydrogen (secondary N) is 2. The number of H-pyrrole nitrogens is 2. The Labute approximate surface area is 140 Å². The maximum atomic E-state index is 5.62. The van der Waals surface area contributed by atoms with E-state index in [1.807, 2.05) is 13.1 Å². The molecule has 126 valence electrons. The summed E-state index contributed by atoms with van der Waals surface area (Å²) in [4.78, 5) is 22.5. The minimum atomic E-state index is 0.219. The van der Waals surface area contributed by atoms with Crippen molar-refractivity contribution in [3.63, 3.8) is 0 Å². The average Bonchev–Trinajstić information content (AvgIpc) is 3.27. The van der Waals surface area contributed by atoms with Crippen molar-refractivity contribution in [3.05, 3.63) is 41.4 Å². The molecule has 0 spiro atoms. The first-order valence-electron chi connectivity index (χ1n) is 8.22. The van der Waals surface area contributed by atoms with Gasteiger partial charge in [-0.05, 0) is 20.3 Å². The van der Waals surface area contributed by atoms with E-state index in [9.17, 15) is 0 Å². The number of methoxy groups -OCH3 is 1. The number of fused-ring (bicyclic) bond motifs is 1. The quantitative estimate of drug-likeness (QED) is 0.768. The number of aromatic nitrogens is 5. The van der Waals surface area contributed by atoms with Crippen molar-refractivity contribution < 1.29 is 4.74 Å². The van der Waals surface area contributed by atoms with E-state index in [0.717, 1.165) is 53.4 Å². The Morgan fingerprint density at radius 2 is 2.12 bits per heavy atom. The number of hydrogen-bond donors (Lipinski definition) is 2. The van der Waals surface area contributed by atoms with Crippen LogP contribution in [0.1, 0.15) is 35.2 Å². The summed E-state index contributed by atoms with van der Waals surface area (Å²) in [5.74, 6) is 1.02. The summed E-state index contributed by atoms with van der Waals surface area (Å²) in [6.45, 7) is 5.78. The number of nitrogens with zero attached hydrogens (tertiary/aromatic N) is 4. The van der Waals surface area contributed by atoms with Crippen molar-refractivity contribution in [2.75, 3.05) is 13.7 Å². The second-order valence-corrected chi connectivity index (χ2v) is 6.44. The molecule has 0 bridgehead atoms. The largest absolute Gasteiger partial charge is 0.380 e. The monoisotopic (exact) mass is 326 g/mol. The third kappa shape index (κ3) is 2.59. The second kappa shape index (κ2) is 5.99.